The highest BCUT2D eigenvalue weighted by Crippen LogP contribution is 2.14. The van der Waals surface area contributed by atoms with Gasteiger partial charge in [0.05, 0.1) is 11.6 Å². The number of carbonyl (C=O) groups is 1. The van der Waals surface area contributed by atoms with Gasteiger partial charge in [-0.25, -0.2) is 4.98 Å². The van der Waals surface area contributed by atoms with Gasteiger partial charge in [-0.3, -0.25) is 4.79 Å². The number of hydrogen-bond donors (Lipinski definition) is 2. The summed E-state index contributed by atoms with van der Waals surface area (Å²) in [6.07, 6.45) is 0. The van der Waals surface area contributed by atoms with Crippen LogP contribution in [0.25, 0.3) is 0 Å². The molecule has 2 rings (SSSR count). The molecule has 0 unspecified atom stereocenters. The zero-order valence-electron chi connectivity index (χ0n) is 12.0. The predicted molar refractivity (Wildman–Crippen MR) is 82.2 cm³/mol. The van der Waals surface area contributed by atoms with Gasteiger partial charge in [0.2, 0.25) is 0 Å². The summed E-state index contributed by atoms with van der Waals surface area (Å²) in [5.41, 5.74) is 2.53. The molecule has 2 aromatic rings. The van der Waals surface area contributed by atoms with Gasteiger partial charge in [0.15, 0.2) is 0 Å². The number of aromatic nitrogens is 1. The lowest BCUT2D eigenvalue weighted by atomic mass is 10.2. The van der Waals surface area contributed by atoms with Crippen molar-refractivity contribution in [1.82, 2.24) is 4.98 Å². The van der Waals surface area contributed by atoms with Crippen LogP contribution in [0.1, 0.15) is 28.5 Å². The molecule has 5 nitrogen and oxygen atoms in total. The van der Waals surface area contributed by atoms with Crippen LogP contribution in [0.15, 0.2) is 36.4 Å². The maximum Gasteiger partial charge on any atom is 0.255 e. The molecule has 0 atom stereocenters. The number of rotatable bonds is 4. The SMILES string of the molecule is CCNc1cc(C(=O)Nc2ccc(C#N)cc2)cc(C)n1. The van der Waals surface area contributed by atoms with Crippen LogP contribution in [0.2, 0.25) is 0 Å². The molecule has 1 aromatic carbocycles. The molecule has 0 saturated carbocycles. The lowest BCUT2D eigenvalue weighted by Crippen LogP contribution is -2.13. The van der Waals surface area contributed by atoms with Crippen molar-refractivity contribution in [3.8, 4) is 6.07 Å². The smallest absolute Gasteiger partial charge is 0.255 e. The van der Waals surface area contributed by atoms with E-state index in [1.54, 1.807) is 36.4 Å². The summed E-state index contributed by atoms with van der Waals surface area (Å²) in [6, 6.07) is 12.2. The fourth-order valence-corrected chi connectivity index (χ4v) is 1.90. The fraction of sp³-hybridized carbons (Fsp3) is 0.188. The molecule has 2 N–H and O–H groups in total. The number of nitriles is 1. The Morgan fingerprint density at radius 3 is 2.62 bits per heavy atom. The molecule has 0 aliphatic carbocycles. The Kier molecular flexibility index (Phi) is 4.52. The molecule has 1 amide bonds. The number of hydrogen-bond acceptors (Lipinski definition) is 4. The molecule has 5 heteroatoms. The quantitative estimate of drug-likeness (QED) is 0.902. The Morgan fingerprint density at radius 1 is 1.29 bits per heavy atom. The molecule has 1 heterocycles. The van der Waals surface area contributed by atoms with Crippen molar-refractivity contribution >= 4 is 17.4 Å². The van der Waals surface area contributed by atoms with Crippen molar-refractivity contribution in [2.45, 2.75) is 13.8 Å². The molecule has 0 saturated heterocycles. The second-order valence-corrected chi connectivity index (χ2v) is 4.56. The summed E-state index contributed by atoms with van der Waals surface area (Å²) in [5, 5.41) is 14.6. The average Bonchev–Trinajstić information content (AvgIpc) is 2.48. The van der Waals surface area contributed by atoms with Gasteiger partial charge in [-0.15, -0.1) is 0 Å². The molecular formula is C16H16N4O. The molecule has 0 aliphatic heterocycles. The standard InChI is InChI=1S/C16H16N4O/c1-3-18-15-9-13(8-11(2)19-15)16(21)20-14-6-4-12(10-17)5-7-14/h4-9H,3H2,1-2H3,(H,18,19)(H,20,21). The van der Waals surface area contributed by atoms with Gasteiger partial charge < -0.3 is 10.6 Å². The van der Waals surface area contributed by atoms with Crippen molar-refractivity contribution in [3.05, 3.63) is 53.2 Å². The number of amides is 1. The number of aryl methyl sites for hydroxylation is 1. The molecule has 0 bridgehead atoms. The van der Waals surface area contributed by atoms with E-state index in [1.807, 2.05) is 19.9 Å². The van der Waals surface area contributed by atoms with E-state index in [9.17, 15) is 4.79 Å². The normalized spacial score (nSPS) is 9.76. The first-order valence-corrected chi connectivity index (χ1v) is 6.66. The number of benzene rings is 1. The molecule has 0 spiro atoms. The van der Waals surface area contributed by atoms with Crippen molar-refractivity contribution in [3.63, 3.8) is 0 Å². The molecule has 1 aromatic heterocycles. The van der Waals surface area contributed by atoms with E-state index in [2.05, 4.69) is 15.6 Å². The van der Waals surface area contributed by atoms with Crippen molar-refractivity contribution < 1.29 is 4.79 Å². The van der Waals surface area contributed by atoms with Gasteiger partial charge in [0, 0.05) is 23.5 Å². The highest BCUT2D eigenvalue weighted by atomic mass is 16.1. The largest absolute Gasteiger partial charge is 0.370 e. The summed E-state index contributed by atoms with van der Waals surface area (Å²) >= 11 is 0. The second-order valence-electron chi connectivity index (χ2n) is 4.56. The third-order valence-electron chi connectivity index (χ3n) is 2.85. The summed E-state index contributed by atoms with van der Waals surface area (Å²) in [4.78, 5) is 16.6. The molecule has 0 aliphatic rings. The zero-order chi connectivity index (χ0) is 15.2. The van der Waals surface area contributed by atoms with Crippen molar-refractivity contribution in [2.24, 2.45) is 0 Å². The average molecular weight is 280 g/mol. The van der Waals surface area contributed by atoms with E-state index in [4.69, 9.17) is 5.26 Å². The topological polar surface area (TPSA) is 77.8 Å². The number of nitrogens with zero attached hydrogens (tertiary/aromatic N) is 2. The predicted octanol–water partition coefficient (Wildman–Crippen LogP) is 2.95. The van der Waals surface area contributed by atoms with E-state index in [1.165, 1.54) is 0 Å². The van der Waals surface area contributed by atoms with E-state index in [0.717, 1.165) is 12.2 Å². The molecule has 0 fully saturated rings. The highest BCUT2D eigenvalue weighted by Gasteiger charge is 2.09. The summed E-state index contributed by atoms with van der Waals surface area (Å²) in [5.74, 6) is 0.479. The number of carbonyl (C=O) groups excluding carboxylic acids is 1. The molecule has 21 heavy (non-hydrogen) atoms. The van der Waals surface area contributed by atoms with Gasteiger partial charge in [-0.05, 0) is 50.2 Å². The first kappa shape index (κ1) is 14.5. The first-order chi connectivity index (χ1) is 10.1. The van der Waals surface area contributed by atoms with E-state index < -0.39 is 0 Å². The van der Waals surface area contributed by atoms with Crippen LogP contribution < -0.4 is 10.6 Å². The summed E-state index contributed by atoms with van der Waals surface area (Å²) < 4.78 is 0. The minimum atomic E-state index is -0.204. The monoisotopic (exact) mass is 280 g/mol. The Hall–Kier alpha value is -2.87. The van der Waals surface area contributed by atoms with Crippen LogP contribution in [0, 0.1) is 18.3 Å². The Morgan fingerprint density at radius 2 is 2.00 bits per heavy atom. The second kappa shape index (κ2) is 6.53. The third-order valence-corrected chi connectivity index (χ3v) is 2.85. The van der Waals surface area contributed by atoms with Gasteiger partial charge in [0.1, 0.15) is 5.82 Å². The maximum absolute atomic E-state index is 12.2. The van der Waals surface area contributed by atoms with Crippen LogP contribution in [0.3, 0.4) is 0 Å². The van der Waals surface area contributed by atoms with E-state index >= 15 is 0 Å². The van der Waals surface area contributed by atoms with Crippen molar-refractivity contribution in [1.29, 1.82) is 5.26 Å². The summed E-state index contributed by atoms with van der Waals surface area (Å²) in [7, 11) is 0. The summed E-state index contributed by atoms with van der Waals surface area (Å²) in [6.45, 7) is 4.56. The van der Waals surface area contributed by atoms with Crippen LogP contribution >= 0.6 is 0 Å². The molecule has 0 radical (unpaired) electrons. The van der Waals surface area contributed by atoms with Gasteiger partial charge >= 0.3 is 0 Å². The third kappa shape index (κ3) is 3.80. The Bertz CT molecular complexity index is 686. The van der Waals surface area contributed by atoms with Crippen LogP contribution in [-0.4, -0.2) is 17.4 Å². The van der Waals surface area contributed by atoms with Crippen LogP contribution in [-0.2, 0) is 0 Å². The first-order valence-electron chi connectivity index (χ1n) is 6.66. The van der Waals surface area contributed by atoms with Gasteiger partial charge in [-0.2, -0.15) is 5.26 Å². The maximum atomic E-state index is 12.2. The number of nitrogens with one attached hydrogen (secondary N) is 2. The zero-order valence-corrected chi connectivity index (χ0v) is 12.0. The lowest BCUT2D eigenvalue weighted by Gasteiger charge is -2.09. The lowest BCUT2D eigenvalue weighted by molar-refractivity contribution is 0.102. The minimum Gasteiger partial charge on any atom is -0.370 e. The minimum absolute atomic E-state index is 0.204. The van der Waals surface area contributed by atoms with Crippen LogP contribution in [0.5, 0.6) is 0 Å². The Balaban J connectivity index is 2.17. The van der Waals surface area contributed by atoms with E-state index in [0.29, 0.717) is 22.6 Å². The molecule has 106 valence electrons. The van der Waals surface area contributed by atoms with Gasteiger partial charge in [0.25, 0.3) is 5.91 Å². The number of pyridine rings is 1. The number of anilines is 2. The highest BCUT2D eigenvalue weighted by molar-refractivity contribution is 6.04. The Labute approximate surface area is 123 Å². The van der Waals surface area contributed by atoms with Gasteiger partial charge in [-0.1, -0.05) is 0 Å². The van der Waals surface area contributed by atoms with E-state index in [-0.39, 0.29) is 5.91 Å². The van der Waals surface area contributed by atoms with Crippen molar-refractivity contribution in [2.75, 3.05) is 17.2 Å². The fourth-order valence-electron chi connectivity index (χ4n) is 1.90. The van der Waals surface area contributed by atoms with Crippen LogP contribution in [0.4, 0.5) is 11.5 Å². The molecular weight excluding hydrogens is 264 g/mol.